The number of esters is 1. The van der Waals surface area contributed by atoms with Gasteiger partial charge in [-0.25, -0.2) is 4.79 Å². The summed E-state index contributed by atoms with van der Waals surface area (Å²) in [7, 11) is 5.04. The highest BCUT2D eigenvalue weighted by atomic mass is 32.1. The number of carbonyl (C=O) groups excluding carboxylic acids is 1. The largest absolute Gasteiger partial charge is 0.480 e. The second-order valence-electron chi connectivity index (χ2n) is 6.47. The van der Waals surface area contributed by atoms with Crippen molar-refractivity contribution in [2.45, 2.75) is 18.9 Å². The summed E-state index contributed by atoms with van der Waals surface area (Å²) in [5, 5.41) is 5.56. The average Bonchev–Trinajstić information content (AvgIpc) is 3.19. The third kappa shape index (κ3) is 3.99. The molecule has 1 aliphatic rings. The highest BCUT2D eigenvalue weighted by molar-refractivity contribution is 7.10. The van der Waals surface area contributed by atoms with Crippen LogP contribution in [-0.4, -0.2) is 50.2 Å². The third-order valence-corrected chi connectivity index (χ3v) is 5.79. The maximum atomic E-state index is 11.8. The number of ether oxygens (including phenoxy) is 2. The first-order valence-electron chi connectivity index (χ1n) is 8.75. The normalized spacial score (nSPS) is 20.6. The van der Waals surface area contributed by atoms with Crippen molar-refractivity contribution in [3.05, 3.63) is 40.1 Å². The molecule has 0 saturated carbocycles. The Bertz CT molecular complexity index is 736. The van der Waals surface area contributed by atoms with E-state index in [4.69, 9.17) is 9.47 Å². The number of hydrogen-bond acceptors (Lipinski definition) is 7. The number of nitrogens with one attached hydrogen (secondary N) is 1. The molecule has 0 aromatic carbocycles. The van der Waals surface area contributed by atoms with Crippen molar-refractivity contribution in [1.29, 1.82) is 0 Å². The van der Waals surface area contributed by atoms with Crippen molar-refractivity contribution in [2.24, 2.45) is 5.92 Å². The molecule has 6 nitrogen and oxygen atoms in total. The number of carbonyl (C=O) groups is 1. The molecule has 0 aliphatic carbocycles. The van der Waals surface area contributed by atoms with Crippen LogP contribution < -0.4 is 10.1 Å². The molecule has 0 bridgehead atoms. The minimum Gasteiger partial charge on any atom is -0.480 e. The topological polar surface area (TPSA) is 63.7 Å². The summed E-state index contributed by atoms with van der Waals surface area (Å²) in [4.78, 5) is 20.0. The minimum atomic E-state index is -0.451. The van der Waals surface area contributed by atoms with E-state index in [-0.39, 0.29) is 5.88 Å². The summed E-state index contributed by atoms with van der Waals surface area (Å²) < 4.78 is 10.00. The van der Waals surface area contributed by atoms with Crippen molar-refractivity contribution in [2.75, 3.05) is 39.7 Å². The first-order valence-corrected chi connectivity index (χ1v) is 9.63. The smallest absolute Gasteiger partial charge is 0.343 e. The fraction of sp³-hybridized carbons (Fsp3) is 0.474. The second-order valence-corrected chi connectivity index (χ2v) is 7.45. The van der Waals surface area contributed by atoms with Crippen LogP contribution in [0.4, 0.5) is 5.82 Å². The monoisotopic (exact) mass is 375 g/mol. The van der Waals surface area contributed by atoms with E-state index in [0.29, 0.717) is 23.3 Å². The predicted octanol–water partition coefficient (Wildman–Crippen LogP) is 3.43. The summed E-state index contributed by atoms with van der Waals surface area (Å²) in [6.45, 7) is 1.94. The Morgan fingerprint density at radius 1 is 1.38 bits per heavy atom. The molecule has 2 unspecified atom stereocenters. The molecule has 0 spiro atoms. The summed E-state index contributed by atoms with van der Waals surface area (Å²) in [5.41, 5.74) is 0.328. The SMILES string of the molecule is COC(=O)c1ccc(NCC2CCCN(C)C2c2cccs2)nc1OC. The highest BCUT2D eigenvalue weighted by Gasteiger charge is 2.31. The van der Waals surface area contributed by atoms with Crippen LogP contribution in [-0.2, 0) is 4.74 Å². The maximum absolute atomic E-state index is 11.8. The van der Waals surface area contributed by atoms with Crippen molar-refractivity contribution in [3.63, 3.8) is 0 Å². The summed E-state index contributed by atoms with van der Waals surface area (Å²) >= 11 is 1.82. The van der Waals surface area contributed by atoms with E-state index < -0.39 is 5.97 Å². The minimum absolute atomic E-state index is 0.275. The summed E-state index contributed by atoms with van der Waals surface area (Å²) in [5.74, 6) is 1.03. The Hall–Kier alpha value is -2.12. The fourth-order valence-corrected chi connectivity index (χ4v) is 4.56. The number of rotatable bonds is 6. The zero-order chi connectivity index (χ0) is 18.5. The molecular formula is C19H25N3O3S. The molecule has 3 heterocycles. The van der Waals surface area contributed by atoms with Gasteiger partial charge in [-0.1, -0.05) is 6.07 Å². The number of likely N-dealkylation sites (tertiary alicyclic amines) is 1. The molecule has 2 aromatic rings. The van der Waals surface area contributed by atoms with Crippen LogP contribution in [0.1, 0.15) is 34.1 Å². The number of hydrogen-bond donors (Lipinski definition) is 1. The highest BCUT2D eigenvalue weighted by Crippen LogP contribution is 2.37. The number of methoxy groups -OCH3 is 2. The van der Waals surface area contributed by atoms with Gasteiger partial charge in [0.05, 0.1) is 14.2 Å². The lowest BCUT2D eigenvalue weighted by Gasteiger charge is -2.39. The number of aromatic nitrogens is 1. The number of pyridine rings is 1. The van der Waals surface area contributed by atoms with Gasteiger partial charge in [0.2, 0.25) is 5.88 Å². The van der Waals surface area contributed by atoms with E-state index in [1.54, 1.807) is 12.1 Å². The van der Waals surface area contributed by atoms with Gasteiger partial charge in [0, 0.05) is 17.5 Å². The van der Waals surface area contributed by atoms with E-state index in [2.05, 4.69) is 39.8 Å². The van der Waals surface area contributed by atoms with Gasteiger partial charge >= 0.3 is 5.97 Å². The van der Waals surface area contributed by atoms with E-state index >= 15 is 0 Å². The van der Waals surface area contributed by atoms with Crippen LogP contribution in [0.3, 0.4) is 0 Å². The first kappa shape index (κ1) is 18.7. The quantitative estimate of drug-likeness (QED) is 0.781. The van der Waals surface area contributed by atoms with Gasteiger partial charge in [-0.05, 0) is 55.9 Å². The van der Waals surface area contributed by atoms with Gasteiger partial charge in [-0.3, -0.25) is 4.90 Å². The molecule has 3 rings (SSSR count). The zero-order valence-electron chi connectivity index (χ0n) is 15.4. The van der Waals surface area contributed by atoms with Crippen molar-refractivity contribution >= 4 is 23.1 Å². The molecule has 2 atom stereocenters. The molecule has 140 valence electrons. The molecule has 26 heavy (non-hydrogen) atoms. The van der Waals surface area contributed by atoms with Gasteiger partial charge in [-0.2, -0.15) is 4.98 Å². The van der Waals surface area contributed by atoms with Crippen LogP contribution in [0.5, 0.6) is 5.88 Å². The van der Waals surface area contributed by atoms with Crippen LogP contribution >= 0.6 is 11.3 Å². The third-order valence-electron chi connectivity index (χ3n) is 4.85. The van der Waals surface area contributed by atoms with Gasteiger partial charge < -0.3 is 14.8 Å². The van der Waals surface area contributed by atoms with E-state index in [9.17, 15) is 4.79 Å². The predicted molar refractivity (Wildman–Crippen MR) is 103 cm³/mol. The first-order chi connectivity index (χ1) is 12.6. The molecular weight excluding hydrogens is 350 g/mol. The average molecular weight is 375 g/mol. The lowest BCUT2D eigenvalue weighted by atomic mass is 9.88. The number of nitrogens with zero attached hydrogens (tertiary/aromatic N) is 2. The second kappa shape index (κ2) is 8.51. The Morgan fingerprint density at radius 3 is 2.92 bits per heavy atom. The van der Waals surface area contributed by atoms with Crippen molar-refractivity contribution in [3.8, 4) is 5.88 Å². The van der Waals surface area contributed by atoms with E-state index in [1.165, 1.54) is 31.9 Å². The van der Waals surface area contributed by atoms with Crippen molar-refractivity contribution < 1.29 is 14.3 Å². The standard InChI is InChI=1S/C19H25N3O3S/c1-22-10-4-6-13(17(22)15-7-5-11-26-15)12-20-16-9-8-14(19(23)25-3)18(21-16)24-2/h5,7-9,11,13,17H,4,6,10,12H2,1-3H3,(H,20,21). The Morgan fingerprint density at radius 2 is 2.23 bits per heavy atom. The Kier molecular flexibility index (Phi) is 6.11. The van der Waals surface area contributed by atoms with Gasteiger partial charge in [0.25, 0.3) is 0 Å². The molecule has 1 N–H and O–H groups in total. The fourth-order valence-electron chi connectivity index (χ4n) is 3.58. The molecule has 1 fully saturated rings. The number of piperidine rings is 1. The van der Waals surface area contributed by atoms with E-state index in [1.807, 2.05) is 11.3 Å². The summed E-state index contributed by atoms with van der Waals surface area (Å²) in [6.07, 6.45) is 2.38. The molecule has 7 heteroatoms. The van der Waals surface area contributed by atoms with Crippen molar-refractivity contribution in [1.82, 2.24) is 9.88 Å². The lowest BCUT2D eigenvalue weighted by Crippen LogP contribution is -2.38. The van der Waals surface area contributed by atoms with Crippen LogP contribution in [0.15, 0.2) is 29.6 Å². The van der Waals surface area contributed by atoms with Gasteiger partial charge in [0.1, 0.15) is 11.4 Å². The lowest BCUT2D eigenvalue weighted by molar-refractivity contribution is 0.0596. The zero-order valence-corrected chi connectivity index (χ0v) is 16.2. The Labute approximate surface area is 158 Å². The van der Waals surface area contributed by atoms with Gasteiger partial charge in [-0.15, -0.1) is 11.3 Å². The molecule has 1 saturated heterocycles. The Balaban J connectivity index is 1.72. The maximum Gasteiger partial charge on any atom is 0.343 e. The molecule has 1 aliphatic heterocycles. The molecule has 0 amide bonds. The summed E-state index contributed by atoms with van der Waals surface area (Å²) in [6, 6.07) is 8.24. The van der Waals surface area contributed by atoms with Crippen LogP contribution in [0.2, 0.25) is 0 Å². The van der Waals surface area contributed by atoms with E-state index in [0.717, 1.165) is 13.1 Å². The number of thiophene rings is 1. The molecule has 2 aromatic heterocycles. The van der Waals surface area contributed by atoms with Gasteiger partial charge in [0.15, 0.2) is 0 Å². The number of anilines is 1. The molecule has 0 radical (unpaired) electrons. The van der Waals surface area contributed by atoms with Crippen LogP contribution in [0, 0.1) is 5.92 Å². The van der Waals surface area contributed by atoms with Crippen LogP contribution in [0.25, 0.3) is 0 Å².